The summed E-state index contributed by atoms with van der Waals surface area (Å²) in [6, 6.07) is 17.6. The van der Waals surface area contributed by atoms with Crippen molar-refractivity contribution in [3.05, 3.63) is 60.2 Å². The average molecular weight is 312 g/mol. The summed E-state index contributed by atoms with van der Waals surface area (Å²) in [5, 5.41) is 2.91. The first kappa shape index (κ1) is 17.0. The van der Waals surface area contributed by atoms with Crippen molar-refractivity contribution in [1.82, 2.24) is 4.90 Å². The van der Waals surface area contributed by atoms with E-state index in [1.807, 2.05) is 54.4 Å². The monoisotopic (exact) mass is 312 g/mol. The zero-order valence-corrected chi connectivity index (χ0v) is 13.8. The molecule has 0 aliphatic heterocycles. The van der Waals surface area contributed by atoms with Gasteiger partial charge in [-0.25, -0.2) is 0 Å². The maximum absolute atomic E-state index is 12.1. The van der Waals surface area contributed by atoms with Crippen LogP contribution in [-0.4, -0.2) is 31.0 Å². The number of anilines is 1. The first-order valence-electron chi connectivity index (χ1n) is 7.92. The quantitative estimate of drug-likeness (QED) is 0.810. The van der Waals surface area contributed by atoms with Gasteiger partial charge in [0.25, 0.3) is 0 Å². The van der Waals surface area contributed by atoms with Gasteiger partial charge in [-0.3, -0.25) is 9.69 Å². The van der Waals surface area contributed by atoms with Crippen LogP contribution in [0.15, 0.2) is 54.6 Å². The number of nitrogens with zero attached hydrogens (tertiary/aromatic N) is 1. The van der Waals surface area contributed by atoms with E-state index in [0.717, 1.165) is 24.4 Å². The van der Waals surface area contributed by atoms with E-state index >= 15 is 0 Å². The van der Waals surface area contributed by atoms with Crippen LogP contribution in [0, 0.1) is 0 Å². The third-order valence-electron chi connectivity index (χ3n) is 3.32. The van der Waals surface area contributed by atoms with E-state index in [2.05, 4.69) is 24.4 Å². The zero-order chi connectivity index (χ0) is 16.5. The summed E-state index contributed by atoms with van der Waals surface area (Å²) in [6.07, 6.45) is 0.978. The molecule has 4 heteroatoms. The molecule has 4 nitrogen and oxygen atoms in total. The lowest BCUT2D eigenvalue weighted by Crippen LogP contribution is -2.29. The fourth-order valence-corrected chi connectivity index (χ4v) is 2.25. The molecule has 0 saturated heterocycles. The molecule has 0 radical (unpaired) electrons. The van der Waals surface area contributed by atoms with Crippen molar-refractivity contribution in [1.29, 1.82) is 0 Å². The average Bonchev–Trinajstić information content (AvgIpc) is 2.55. The molecule has 1 N–H and O–H groups in total. The lowest BCUT2D eigenvalue weighted by atomic mass is 10.2. The second kappa shape index (κ2) is 8.96. The minimum absolute atomic E-state index is 0.0225. The molecule has 0 aliphatic rings. The number of carbonyl (C=O) groups excluding carboxylic acids is 1. The summed E-state index contributed by atoms with van der Waals surface area (Å²) in [5.41, 5.74) is 1.98. The Labute approximate surface area is 138 Å². The Morgan fingerprint density at radius 3 is 2.43 bits per heavy atom. The molecule has 0 heterocycles. The fourth-order valence-electron chi connectivity index (χ4n) is 2.25. The van der Waals surface area contributed by atoms with Gasteiger partial charge in [0.05, 0.1) is 13.2 Å². The van der Waals surface area contributed by atoms with Crippen LogP contribution in [0.4, 0.5) is 5.69 Å². The Bertz CT molecular complexity index is 597. The number of hydrogen-bond donors (Lipinski definition) is 1. The van der Waals surface area contributed by atoms with Gasteiger partial charge in [-0.05, 0) is 43.3 Å². The number of hydrogen-bond acceptors (Lipinski definition) is 3. The van der Waals surface area contributed by atoms with Crippen LogP contribution in [-0.2, 0) is 11.3 Å². The van der Waals surface area contributed by atoms with E-state index in [1.165, 1.54) is 5.56 Å². The number of carbonyl (C=O) groups is 1. The van der Waals surface area contributed by atoms with E-state index < -0.39 is 0 Å². The molecule has 0 aromatic heterocycles. The molecule has 0 saturated carbocycles. The zero-order valence-electron chi connectivity index (χ0n) is 13.8. The predicted molar refractivity (Wildman–Crippen MR) is 93.6 cm³/mol. The van der Waals surface area contributed by atoms with E-state index in [1.54, 1.807) is 0 Å². The van der Waals surface area contributed by atoms with Crippen LogP contribution in [0.1, 0.15) is 18.9 Å². The van der Waals surface area contributed by atoms with Gasteiger partial charge in [-0.1, -0.05) is 37.3 Å². The number of rotatable bonds is 8. The van der Waals surface area contributed by atoms with Gasteiger partial charge in [0, 0.05) is 12.2 Å². The van der Waals surface area contributed by atoms with Crippen molar-refractivity contribution in [3.8, 4) is 5.75 Å². The van der Waals surface area contributed by atoms with E-state index in [9.17, 15) is 4.79 Å². The van der Waals surface area contributed by atoms with Gasteiger partial charge in [-0.15, -0.1) is 0 Å². The minimum atomic E-state index is -0.0225. The summed E-state index contributed by atoms with van der Waals surface area (Å²) in [4.78, 5) is 14.1. The topological polar surface area (TPSA) is 41.6 Å². The Morgan fingerprint density at radius 2 is 1.78 bits per heavy atom. The van der Waals surface area contributed by atoms with Gasteiger partial charge in [0.2, 0.25) is 5.91 Å². The molecule has 23 heavy (non-hydrogen) atoms. The van der Waals surface area contributed by atoms with E-state index in [4.69, 9.17) is 4.74 Å². The van der Waals surface area contributed by atoms with Gasteiger partial charge < -0.3 is 10.1 Å². The maximum atomic E-state index is 12.1. The second-order valence-electron chi connectivity index (χ2n) is 5.58. The van der Waals surface area contributed by atoms with Crippen LogP contribution >= 0.6 is 0 Å². The standard InChI is InChI=1S/C19H24N2O2/c1-3-13-23-18-11-9-17(10-12-18)20-19(22)15-21(2)14-16-7-5-4-6-8-16/h4-12H,3,13-15H2,1-2H3,(H,20,22). The highest BCUT2D eigenvalue weighted by atomic mass is 16.5. The van der Waals surface area contributed by atoms with Crippen LogP contribution < -0.4 is 10.1 Å². The van der Waals surface area contributed by atoms with Gasteiger partial charge in [0.15, 0.2) is 0 Å². The highest BCUT2D eigenvalue weighted by molar-refractivity contribution is 5.92. The molecule has 0 unspecified atom stereocenters. The summed E-state index contributed by atoms with van der Waals surface area (Å²) in [7, 11) is 1.94. The molecule has 2 aromatic rings. The highest BCUT2D eigenvalue weighted by Crippen LogP contribution is 2.16. The van der Waals surface area contributed by atoms with Crippen molar-refractivity contribution in [2.75, 3.05) is 25.5 Å². The number of benzene rings is 2. The highest BCUT2D eigenvalue weighted by Gasteiger charge is 2.07. The molecule has 0 aliphatic carbocycles. The molecular formula is C19H24N2O2. The van der Waals surface area contributed by atoms with Crippen molar-refractivity contribution >= 4 is 11.6 Å². The summed E-state index contributed by atoms with van der Waals surface area (Å²) >= 11 is 0. The van der Waals surface area contributed by atoms with Crippen LogP contribution in [0.5, 0.6) is 5.75 Å². The summed E-state index contributed by atoms with van der Waals surface area (Å²) in [5.74, 6) is 0.803. The van der Waals surface area contributed by atoms with Crippen LogP contribution in [0.3, 0.4) is 0 Å². The van der Waals surface area contributed by atoms with Crippen molar-refractivity contribution < 1.29 is 9.53 Å². The second-order valence-corrected chi connectivity index (χ2v) is 5.58. The third kappa shape index (κ3) is 6.12. The van der Waals surface area contributed by atoms with E-state index in [-0.39, 0.29) is 5.91 Å². The molecule has 0 bridgehead atoms. The minimum Gasteiger partial charge on any atom is -0.494 e. The number of ether oxygens (including phenoxy) is 1. The molecule has 2 aromatic carbocycles. The summed E-state index contributed by atoms with van der Waals surface area (Å²) < 4.78 is 5.53. The van der Waals surface area contributed by atoms with Crippen molar-refractivity contribution in [3.63, 3.8) is 0 Å². The third-order valence-corrected chi connectivity index (χ3v) is 3.32. The van der Waals surface area contributed by atoms with Gasteiger partial charge in [0.1, 0.15) is 5.75 Å². The molecule has 122 valence electrons. The molecule has 1 amide bonds. The van der Waals surface area contributed by atoms with Gasteiger partial charge >= 0.3 is 0 Å². The Kier molecular flexibility index (Phi) is 6.63. The van der Waals surface area contributed by atoms with Crippen LogP contribution in [0.2, 0.25) is 0 Å². The largest absolute Gasteiger partial charge is 0.494 e. The molecule has 0 spiro atoms. The predicted octanol–water partition coefficient (Wildman–Crippen LogP) is 3.55. The van der Waals surface area contributed by atoms with Gasteiger partial charge in [-0.2, -0.15) is 0 Å². The lowest BCUT2D eigenvalue weighted by Gasteiger charge is -2.16. The molecule has 0 fully saturated rings. The number of amides is 1. The molecule has 2 rings (SSSR count). The normalized spacial score (nSPS) is 10.6. The fraction of sp³-hybridized carbons (Fsp3) is 0.316. The smallest absolute Gasteiger partial charge is 0.238 e. The first-order valence-corrected chi connectivity index (χ1v) is 7.92. The molecular weight excluding hydrogens is 288 g/mol. The van der Waals surface area contributed by atoms with Crippen molar-refractivity contribution in [2.24, 2.45) is 0 Å². The number of likely N-dealkylation sites (N-methyl/N-ethyl adjacent to an activating group) is 1. The maximum Gasteiger partial charge on any atom is 0.238 e. The lowest BCUT2D eigenvalue weighted by molar-refractivity contribution is -0.117. The first-order chi connectivity index (χ1) is 11.2. The Morgan fingerprint density at radius 1 is 1.09 bits per heavy atom. The van der Waals surface area contributed by atoms with Crippen LogP contribution in [0.25, 0.3) is 0 Å². The SMILES string of the molecule is CCCOc1ccc(NC(=O)CN(C)Cc2ccccc2)cc1. The Hall–Kier alpha value is -2.33. The number of nitrogens with one attached hydrogen (secondary N) is 1. The van der Waals surface area contributed by atoms with Crippen molar-refractivity contribution in [2.45, 2.75) is 19.9 Å². The summed E-state index contributed by atoms with van der Waals surface area (Å²) in [6.45, 7) is 3.87. The Balaban J connectivity index is 1.79. The molecule has 0 atom stereocenters. The van der Waals surface area contributed by atoms with E-state index in [0.29, 0.717) is 13.2 Å².